The summed E-state index contributed by atoms with van der Waals surface area (Å²) in [4.78, 5) is 10.7. The average Bonchev–Trinajstić information content (AvgIpc) is 2.36. The lowest BCUT2D eigenvalue weighted by atomic mass is 9.88. The third-order valence-corrected chi connectivity index (χ3v) is 2.56. The highest BCUT2D eigenvalue weighted by Crippen LogP contribution is 2.24. The Morgan fingerprint density at radius 3 is 2.00 bits per heavy atom. The van der Waals surface area contributed by atoms with Crippen LogP contribution in [0.2, 0.25) is 0 Å². The molecule has 18 heavy (non-hydrogen) atoms. The Hall–Kier alpha value is -1.33. The highest BCUT2D eigenvalue weighted by Gasteiger charge is 2.30. The SMILES string of the molecule is C=CCOCC(CC)(COCC=C)COC(N)=O. The van der Waals surface area contributed by atoms with E-state index in [-0.39, 0.29) is 12.0 Å². The Labute approximate surface area is 109 Å². The lowest BCUT2D eigenvalue weighted by Gasteiger charge is -2.31. The maximum Gasteiger partial charge on any atom is 0.404 e. The van der Waals surface area contributed by atoms with Gasteiger partial charge in [0.05, 0.1) is 31.8 Å². The van der Waals surface area contributed by atoms with Gasteiger partial charge in [0, 0.05) is 0 Å². The van der Waals surface area contributed by atoms with Gasteiger partial charge in [0.15, 0.2) is 0 Å². The molecule has 0 aliphatic rings. The third kappa shape index (κ3) is 7.09. The zero-order valence-corrected chi connectivity index (χ0v) is 11.0. The van der Waals surface area contributed by atoms with Crippen molar-refractivity contribution in [1.29, 1.82) is 0 Å². The molecule has 5 nitrogen and oxygen atoms in total. The lowest BCUT2D eigenvalue weighted by Crippen LogP contribution is -2.38. The zero-order valence-electron chi connectivity index (χ0n) is 11.0. The fraction of sp³-hybridized carbons (Fsp3) is 0.615. The van der Waals surface area contributed by atoms with Crippen LogP contribution in [0.1, 0.15) is 13.3 Å². The van der Waals surface area contributed by atoms with Crippen molar-refractivity contribution in [2.45, 2.75) is 13.3 Å². The molecular weight excluding hydrogens is 234 g/mol. The van der Waals surface area contributed by atoms with Crippen molar-refractivity contribution in [1.82, 2.24) is 0 Å². The van der Waals surface area contributed by atoms with Crippen molar-refractivity contribution < 1.29 is 19.0 Å². The molecule has 0 aromatic heterocycles. The normalized spacial score (nSPS) is 10.9. The van der Waals surface area contributed by atoms with E-state index in [0.29, 0.717) is 26.4 Å². The van der Waals surface area contributed by atoms with E-state index in [1.807, 2.05) is 6.92 Å². The highest BCUT2D eigenvalue weighted by molar-refractivity contribution is 5.64. The van der Waals surface area contributed by atoms with Crippen LogP contribution >= 0.6 is 0 Å². The molecule has 0 aromatic rings. The molecule has 0 aliphatic carbocycles. The Kier molecular flexibility index (Phi) is 8.96. The largest absolute Gasteiger partial charge is 0.449 e. The Bertz CT molecular complexity index is 252. The second-order valence-electron chi connectivity index (χ2n) is 4.07. The van der Waals surface area contributed by atoms with E-state index in [2.05, 4.69) is 13.2 Å². The predicted molar refractivity (Wildman–Crippen MR) is 70.3 cm³/mol. The number of hydrogen-bond donors (Lipinski definition) is 1. The smallest absolute Gasteiger partial charge is 0.404 e. The second-order valence-corrected chi connectivity index (χ2v) is 4.07. The molecule has 0 rings (SSSR count). The van der Waals surface area contributed by atoms with Gasteiger partial charge in [0.1, 0.15) is 6.61 Å². The van der Waals surface area contributed by atoms with E-state index in [9.17, 15) is 4.79 Å². The second kappa shape index (κ2) is 9.67. The van der Waals surface area contributed by atoms with Crippen LogP contribution in [0.15, 0.2) is 25.3 Å². The zero-order chi connectivity index (χ0) is 13.9. The van der Waals surface area contributed by atoms with Gasteiger partial charge in [-0.25, -0.2) is 4.79 Å². The molecule has 5 heteroatoms. The van der Waals surface area contributed by atoms with Gasteiger partial charge in [-0.05, 0) is 6.42 Å². The molecule has 0 aliphatic heterocycles. The number of nitrogens with two attached hydrogens (primary N) is 1. The summed E-state index contributed by atoms with van der Waals surface area (Å²) in [6.07, 6.45) is 3.29. The van der Waals surface area contributed by atoms with Gasteiger partial charge in [0.2, 0.25) is 0 Å². The van der Waals surface area contributed by atoms with Gasteiger partial charge in [-0.15, -0.1) is 13.2 Å². The van der Waals surface area contributed by atoms with Crippen LogP contribution in [-0.4, -0.2) is 39.1 Å². The summed E-state index contributed by atoms with van der Waals surface area (Å²) in [7, 11) is 0. The van der Waals surface area contributed by atoms with E-state index >= 15 is 0 Å². The Morgan fingerprint density at radius 1 is 1.17 bits per heavy atom. The molecular formula is C13H23NO4. The Morgan fingerprint density at radius 2 is 1.67 bits per heavy atom. The first-order chi connectivity index (χ1) is 8.60. The van der Waals surface area contributed by atoms with Crippen LogP contribution in [0.4, 0.5) is 4.79 Å². The van der Waals surface area contributed by atoms with Crippen molar-refractivity contribution in [2.24, 2.45) is 11.1 Å². The van der Waals surface area contributed by atoms with Crippen molar-refractivity contribution >= 4 is 6.09 Å². The van der Waals surface area contributed by atoms with Gasteiger partial charge in [-0.3, -0.25) is 0 Å². The molecule has 0 saturated carbocycles. The number of rotatable bonds is 11. The molecule has 0 radical (unpaired) electrons. The first-order valence-corrected chi connectivity index (χ1v) is 5.89. The van der Waals surface area contributed by atoms with Gasteiger partial charge in [-0.1, -0.05) is 19.1 Å². The number of amides is 1. The molecule has 0 fully saturated rings. The molecule has 0 unspecified atom stereocenters. The molecule has 0 atom stereocenters. The van der Waals surface area contributed by atoms with E-state index in [0.717, 1.165) is 6.42 Å². The molecule has 2 N–H and O–H groups in total. The minimum absolute atomic E-state index is 0.174. The maximum absolute atomic E-state index is 10.7. The summed E-state index contributed by atoms with van der Waals surface area (Å²) < 4.78 is 15.8. The number of ether oxygens (including phenoxy) is 3. The topological polar surface area (TPSA) is 70.8 Å². The summed E-state index contributed by atoms with van der Waals surface area (Å²) >= 11 is 0. The molecule has 1 amide bonds. The predicted octanol–water partition coefficient (Wildman–Crippen LogP) is 1.88. The van der Waals surface area contributed by atoms with Crippen LogP contribution < -0.4 is 5.73 Å². The molecule has 0 aromatic carbocycles. The van der Waals surface area contributed by atoms with Crippen LogP contribution in [0.5, 0.6) is 0 Å². The van der Waals surface area contributed by atoms with Crippen molar-refractivity contribution in [3.8, 4) is 0 Å². The fourth-order valence-corrected chi connectivity index (χ4v) is 1.37. The van der Waals surface area contributed by atoms with Gasteiger partial charge in [0.25, 0.3) is 0 Å². The lowest BCUT2D eigenvalue weighted by molar-refractivity contribution is -0.0449. The van der Waals surface area contributed by atoms with Crippen LogP contribution in [0.25, 0.3) is 0 Å². The number of hydrogen-bond acceptors (Lipinski definition) is 4. The van der Waals surface area contributed by atoms with E-state index in [1.54, 1.807) is 12.2 Å². The molecule has 104 valence electrons. The summed E-state index contributed by atoms with van der Waals surface area (Å²) in [5.74, 6) is 0. The maximum atomic E-state index is 10.7. The monoisotopic (exact) mass is 257 g/mol. The van der Waals surface area contributed by atoms with Gasteiger partial charge in [-0.2, -0.15) is 0 Å². The number of carbonyl (C=O) groups excluding carboxylic acids is 1. The van der Waals surface area contributed by atoms with Gasteiger partial charge >= 0.3 is 6.09 Å². The number of carbonyl (C=O) groups is 1. The summed E-state index contributed by atoms with van der Waals surface area (Å²) in [5, 5.41) is 0. The van der Waals surface area contributed by atoms with Crippen LogP contribution in [-0.2, 0) is 14.2 Å². The quantitative estimate of drug-likeness (QED) is 0.453. The molecule has 0 heterocycles. The standard InChI is InChI=1S/C13H23NO4/c1-4-7-16-9-13(6-3,10-17-8-5-2)11-18-12(14)15/h4-5H,1-2,6-11H2,3H3,(H2,14,15). The molecule has 0 saturated heterocycles. The minimum Gasteiger partial charge on any atom is -0.449 e. The van der Waals surface area contributed by atoms with Crippen molar-refractivity contribution in [3.05, 3.63) is 25.3 Å². The number of primary amides is 1. The fourth-order valence-electron chi connectivity index (χ4n) is 1.37. The van der Waals surface area contributed by atoms with Crippen molar-refractivity contribution in [3.63, 3.8) is 0 Å². The van der Waals surface area contributed by atoms with Crippen molar-refractivity contribution in [2.75, 3.05) is 33.0 Å². The van der Waals surface area contributed by atoms with Gasteiger partial charge < -0.3 is 19.9 Å². The van der Waals surface area contributed by atoms with Crippen LogP contribution in [0.3, 0.4) is 0 Å². The summed E-state index contributed by atoms with van der Waals surface area (Å²) in [6.45, 7) is 11.0. The van der Waals surface area contributed by atoms with E-state index < -0.39 is 6.09 Å². The molecule has 0 spiro atoms. The minimum atomic E-state index is -0.791. The van der Waals surface area contributed by atoms with Crippen LogP contribution in [0, 0.1) is 5.41 Å². The highest BCUT2D eigenvalue weighted by atomic mass is 16.6. The summed E-state index contributed by atoms with van der Waals surface area (Å²) in [5.41, 5.74) is 4.60. The van der Waals surface area contributed by atoms with E-state index in [4.69, 9.17) is 19.9 Å². The Balaban J connectivity index is 4.42. The average molecular weight is 257 g/mol. The molecule has 0 bridgehead atoms. The summed E-state index contributed by atoms with van der Waals surface area (Å²) in [6, 6.07) is 0. The first kappa shape index (κ1) is 16.7. The van der Waals surface area contributed by atoms with E-state index in [1.165, 1.54) is 0 Å². The third-order valence-electron chi connectivity index (χ3n) is 2.56. The first-order valence-electron chi connectivity index (χ1n) is 5.89.